The van der Waals surface area contributed by atoms with Crippen LogP contribution < -0.4 is 10.1 Å². The number of amides is 2. The second-order valence-electron chi connectivity index (χ2n) is 10.7. The van der Waals surface area contributed by atoms with Gasteiger partial charge in [0.2, 0.25) is 11.8 Å². The topological polar surface area (TPSA) is 101 Å². The third-order valence-corrected chi connectivity index (χ3v) is 6.47. The number of carbonyl (C=O) groups is 3. The van der Waals surface area contributed by atoms with Gasteiger partial charge in [-0.2, -0.15) is 0 Å². The predicted molar refractivity (Wildman–Crippen MR) is 128 cm³/mol. The van der Waals surface area contributed by atoms with Gasteiger partial charge in [0.25, 0.3) is 0 Å². The van der Waals surface area contributed by atoms with Crippen LogP contribution in [0, 0.1) is 5.92 Å². The Morgan fingerprint density at radius 2 is 1.97 bits per heavy atom. The molecule has 2 aliphatic rings. The van der Waals surface area contributed by atoms with E-state index >= 15 is 0 Å². The van der Waals surface area contributed by atoms with E-state index in [2.05, 4.69) is 24.1 Å². The normalized spacial score (nSPS) is 22.4. The molecule has 2 N–H and O–H groups in total. The Bertz CT molecular complexity index is 1110. The van der Waals surface area contributed by atoms with Gasteiger partial charge in [-0.25, -0.2) is 0 Å². The van der Waals surface area contributed by atoms with Gasteiger partial charge in [-0.05, 0) is 57.2 Å². The van der Waals surface area contributed by atoms with Gasteiger partial charge in [-0.1, -0.05) is 13.8 Å². The standard InChI is InChI=1S/C26H35N3O5/c1-14(2)11-20-23-17(16-8-7-15(33-6)12-19(16)27-23)13-21-24(31)28-18(25(32)29(20)21)9-10-22(30)34-26(3,4)5/h7-8,12,14,18,20-21,27H,9-11,13H2,1-6H3,(H,28,31). The van der Waals surface area contributed by atoms with Crippen LogP contribution in [-0.4, -0.2) is 52.5 Å². The van der Waals surface area contributed by atoms with Crippen molar-refractivity contribution in [3.63, 3.8) is 0 Å². The molecule has 0 saturated carbocycles. The molecule has 3 unspecified atom stereocenters. The van der Waals surface area contributed by atoms with Gasteiger partial charge in [0, 0.05) is 35.5 Å². The lowest BCUT2D eigenvalue weighted by molar-refractivity contribution is -0.157. The zero-order valence-electron chi connectivity index (χ0n) is 20.9. The smallest absolute Gasteiger partial charge is 0.306 e. The highest BCUT2D eigenvalue weighted by molar-refractivity contribution is 5.99. The summed E-state index contributed by atoms with van der Waals surface area (Å²) >= 11 is 0. The van der Waals surface area contributed by atoms with Crippen molar-refractivity contribution in [1.29, 1.82) is 0 Å². The number of methoxy groups -OCH3 is 1. The summed E-state index contributed by atoms with van der Waals surface area (Å²) in [7, 11) is 1.63. The average Bonchev–Trinajstić information content (AvgIpc) is 3.11. The minimum Gasteiger partial charge on any atom is -0.497 e. The molecule has 4 rings (SSSR count). The van der Waals surface area contributed by atoms with Gasteiger partial charge >= 0.3 is 5.97 Å². The monoisotopic (exact) mass is 469 g/mol. The predicted octanol–water partition coefficient (Wildman–Crippen LogP) is 3.64. The molecule has 34 heavy (non-hydrogen) atoms. The zero-order valence-corrected chi connectivity index (χ0v) is 20.9. The van der Waals surface area contributed by atoms with Crippen molar-refractivity contribution < 1.29 is 23.9 Å². The van der Waals surface area contributed by atoms with E-state index in [1.165, 1.54) is 0 Å². The molecule has 8 nitrogen and oxygen atoms in total. The summed E-state index contributed by atoms with van der Waals surface area (Å²) in [6.07, 6.45) is 1.46. The number of rotatable bonds is 6. The van der Waals surface area contributed by atoms with E-state index in [1.807, 2.05) is 18.2 Å². The van der Waals surface area contributed by atoms with Crippen LogP contribution in [0.5, 0.6) is 5.75 Å². The van der Waals surface area contributed by atoms with Crippen molar-refractivity contribution in [3.05, 3.63) is 29.5 Å². The lowest BCUT2D eigenvalue weighted by Gasteiger charge is -2.46. The largest absolute Gasteiger partial charge is 0.497 e. The fourth-order valence-electron chi connectivity index (χ4n) is 5.10. The minimum atomic E-state index is -0.739. The molecular weight excluding hydrogens is 434 g/mol. The highest BCUT2D eigenvalue weighted by Crippen LogP contribution is 2.42. The molecular formula is C26H35N3O5. The first-order valence-electron chi connectivity index (χ1n) is 12.0. The molecule has 2 aromatic rings. The lowest BCUT2D eigenvalue weighted by Crippen LogP contribution is -2.66. The molecule has 1 aromatic heterocycles. The Morgan fingerprint density at radius 3 is 2.62 bits per heavy atom. The van der Waals surface area contributed by atoms with Crippen LogP contribution in [0.15, 0.2) is 18.2 Å². The van der Waals surface area contributed by atoms with Crippen LogP contribution >= 0.6 is 0 Å². The SMILES string of the molecule is COc1ccc2c3c([nH]c2c1)C(CC(C)C)N1C(=O)C(CCC(=O)OC(C)(C)C)NC(=O)C1C3. The number of aromatic amines is 1. The molecule has 184 valence electrons. The number of ether oxygens (including phenoxy) is 2. The second-order valence-corrected chi connectivity index (χ2v) is 10.7. The molecule has 1 saturated heterocycles. The van der Waals surface area contributed by atoms with Crippen molar-refractivity contribution in [2.75, 3.05) is 7.11 Å². The van der Waals surface area contributed by atoms with E-state index < -0.39 is 17.7 Å². The number of nitrogens with zero attached hydrogens (tertiary/aromatic N) is 1. The number of H-pyrrole nitrogens is 1. The molecule has 8 heteroatoms. The van der Waals surface area contributed by atoms with Crippen LogP contribution in [0.2, 0.25) is 0 Å². The summed E-state index contributed by atoms with van der Waals surface area (Å²) in [6, 6.07) is 4.33. The van der Waals surface area contributed by atoms with Crippen molar-refractivity contribution in [1.82, 2.24) is 15.2 Å². The summed E-state index contributed by atoms with van der Waals surface area (Å²) in [5, 5.41) is 3.93. The Kier molecular flexibility index (Phi) is 6.36. The first-order valence-corrected chi connectivity index (χ1v) is 12.0. The Hall–Kier alpha value is -3.03. The number of nitrogens with one attached hydrogen (secondary N) is 2. The molecule has 2 aliphatic heterocycles. The number of hydrogen-bond donors (Lipinski definition) is 2. The van der Waals surface area contributed by atoms with E-state index in [1.54, 1.807) is 32.8 Å². The molecule has 1 fully saturated rings. The van der Waals surface area contributed by atoms with Crippen molar-refractivity contribution in [2.45, 2.75) is 84.0 Å². The lowest BCUT2D eigenvalue weighted by atomic mass is 9.85. The van der Waals surface area contributed by atoms with Crippen LogP contribution in [0.3, 0.4) is 0 Å². The van der Waals surface area contributed by atoms with Crippen molar-refractivity contribution >= 4 is 28.7 Å². The van der Waals surface area contributed by atoms with E-state index in [4.69, 9.17) is 9.47 Å². The number of carbonyl (C=O) groups excluding carboxylic acids is 3. The number of benzene rings is 1. The molecule has 3 atom stereocenters. The fraction of sp³-hybridized carbons (Fsp3) is 0.577. The van der Waals surface area contributed by atoms with Crippen LogP contribution in [0.1, 0.15) is 71.2 Å². The Morgan fingerprint density at radius 1 is 1.24 bits per heavy atom. The molecule has 3 heterocycles. The van der Waals surface area contributed by atoms with Gasteiger partial charge in [0.05, 0.1) is 13.2 Å². The molecule has 0 aliphatic carbocycles. The second kappa shape index (κ2) is 8.96. The number of esters is 1. The highest BCUT2D eigenvalue weighted by Gasteiger charge is 2.48. The average molecular weight is 470 g/mol. The maximum Gasteiger partial charge on any atom is 0.306 e. The highest BCUT2D eigenvalue weighted by atomic mass is 16.6. The van der Waals surface area contributed by atoms with Gasteiger partial charge in [-0.15, -0.1) is 0 Å². The van der Waals surface area contributed by atoms with E-state index in [-0.39, 0.29) is 36.7 Å². The van der Waals surface area contributed by atoms with Crippen LogP contribution in [0.4, 0.5) is 0 Å². The fourth-order valence-corrected chi connectivity index (χ4v) is 5.10. The van der Waals surface area contributed by atoms with Crippen LogP contribution in [-0.2, 0) is 25.5 Å². The number of fused-ring (bicyclic) bond motifs is 4. The third-order valence-electron chi connectivity index (χ3n) is 6.47. The number of aromatic nitrogens is 1. The summed E-state index contributed by atoms with van der Waals surface area (Å²) in [5.41, 5.74) is 2.42. The molecule has 1 aromatic carbocycles. The van der Waals surface area contributed by atoms with Crippen LogP contribution in [0.25, 0.3) is 10.9 Å². The number of piperazine rings is 1. The van der Waals surface area contributed by atoms with E-state index in [0.29, 0.717) is 12.3 Å². The molecule has 0 bridgehead atoms. The molecule has 2 amide bonds. The first-order chi connectivity index (χ1) is 16.0. The van der Waals surface area contributed by atoms with Gasteiger partial charge in [0.1, 0.15) is 23.4 Å². The van der Waals surface area contributed by atoms with Gasteiger partial charge < -0.3 is 24.7 Å². The first kappa shape index (κ1) is 24.1. The minimum absolute atomic E-state index is 0.0682. The summed E-state index contributed by atoms with van der Waals surface area (Å²) in [6.45, 7) is 9.65. The Balaban J connectivity index is 1.65. The van der Waals surface area contributed by atoms with E-state index in [0.717, 1.165) is 34.3 Å². The molecule has 0 radical (unpaired) electrons. The van der Waals surface area contributed by atoms with Crippen molar-refractivity contribution in [3.8, 4) is 5.75 Å². The van der Waals surface area contributed by atoms with Gasteiger partial charge in [-0.3, -0.25) is 14.4 Å². The maximum atomic E-state index is 13.6. The van der Waals surface area contributed by atoms with E-state index in [9.17, 15) is 14.4 Å². The third kappa shape index (κ3) is 4.63. The number of hydrogen-bond acceptors (Lipinski definition) is 5. The summed E-state index contributed by atoms with van der Waals surface area (Å²) < 4.78 is 10.8. The van der Waals surface area contributed by atoms with Gasteiger partial charge in [0.15, 0.2) is 0 Å². The quantitative estimate of drug-likeness (QED) is 0.629. The van der Waals surface area contributed by atoms with Crippen molar-refractivity contribution in [2.24, 2.45) is 5.92 Å². The Labute approximate surface area is 200 Å². The zero-order chi connectivity index (χ0) is 24.8. The summed E-state index contributed by atoms with van der Waals surface area (Å²) in [5.74, 6) is 0.383. The summed E-state index contributed by atoms with van der Waals surface area (Å²) in [4.78, 5) is 44.4. The maximum absolute atomic E-state index is 13.6. The molecule has 0 spiro atoms.